The van der Waals surface area contributed by atoms with Crippen LogP contribution in [-0.2, 0) is 0 Å². The molecule has 0 aromatic rings. The molecule has 0 aliphatic heterocycles. The molecular weight excluding hydrogens is 72.1 g/mol. The van der Waals surface area contributed by atoms with E-state index >= 15 is 0 Å². The van der Waals surface area contributed by atoms with E-state index in [1.165, 1.54) is 0 Å². The largest absolute Gasteiger partial charge is 0.0654 e. The molecule has 0 heterocycles. The van der Waals surface area contributed by atoms with Crippen molar-refractivity contribution in [3.05, 3.63) is 0 Å². The lowest BCUT2D eigenvalue weighted by Crippen LogP contribution is -1.81. The molecule has 0 aliphatic carbocycles. The van der Waals surface area contributed by atoms with E-state index in [0.717, 1.165) is 12.8 Å². The molecule has 38 valence electrons. The van der Waals surface area contributed by atoms with Crippen LogP contribution >= 0.6 is 0 Å². The zero-order valence-electron chi connectivity index (χ0n) is 6.41. The second-order valence-corrected chi connectivity index (χ2v) is 1.75. The quantitative estimate of drug-likeness (QED) is 0.486. The third-order valence-corrected chi connectivity index (χ3v) is 0.697. The molecule has 0 radical (unpaired) electrons. The van der Waals surface area contributed by atoms with E-state index in [9.17, 15) is 0 Å². The Morgan fingerprint density at radius 3 is 3.17 bits per heavy atom. The van der Waals surface area contributed by atoms with Crippen molar-refractivity contribution in [1.29, 1.82) is 0 Å². The van der Waals surface area contributed by atoms with Crippen molar-refractivity contribution in [3.63, 3.8) is 0 Å². The first-order valence-electron chi connectivity index (χ1n) is 3.81. The highest BCUT2D eigenvalue weighted by Crippen LogP contribution is 2.00. The third-order valence-electron chi connectivity index (χ3n) is 0.697. The van der Waals surface area contributed by atoms with Gasteiger partial charge in [0.05, 0.1) is 0 Å². The van der Waals surface area contributed by atoms with Gasteiger partial charge in [-0.15, -0.1) is 0 Å². The monoisotopic (exact) mass is 88.1 g/mol. The van der Waals surface area contributed by atoms with Crippen molar-refractivity contribution >= 4 is 0 Å². The fourth-order valence-corrected chi connectivity index (χ4v) is 0.348. The summed E-state index contributed by atoms with van der Waals surface area (Å²) in [5.74, 6) is 0.500. The Bertz CT molecular complexity index is 45.8. The van der Waals surface area contributed by atoms with Crippen LogP contribution in [0.3, 0.4) is 0 Å². The van der Waals surface area contributed by atoms with Crippen LogP contribution in [0.25, 0.3) is 0 Å². The molecule has 0 fully saturated rings. The maximum absolute atomic E-state index is 6.93. The van der Waals surface area contributed by atoms with Crippen molar-refractivity contribution in [1.82, 2.24) is 0 Å². The molecule has 0 aromatic heterocycles. The lowest BCUT2D eigenvalue weighted by atomic mass is 10.1. The summed E-state index contributed by atoms with van der Waals surface area (Å²) in [6.07, 6.45) is 2.01. The Hall–Kier alpha value is 0. The molecule has 1 unspecified atom stereocenters. The van der Waals surface area contributed by atoms with E-state index in [1.807, 2.05) is 0 Å². The van der Waals surface area contributed by atoms with Crippen LogP contribution in [-0.4, -0.2) is 0 Å². The van der Waals surface area contributed by atoms with Gasteiger partial charge in [-0.2, -0.15) is 0 Å². The first-order valence-corrected chi connectivity index (χ1v) is 2.39. The average molecular weight is 88.2 g/mol. The first kappa shape index (κ1) is 3.06. The lowest BCUT2D eigenvalue weighted by Gasteiger charge is -1.95. The van der Waals surface area contributed by atoms with Gasteiger partial charge in [-0.3, -0.25) is 0 Å². The standard InChI is InChI=1S/C6H14/c1-4-5-6(2)3/h6H,4-5H2,1-3H3/i1D,2D. The Labute approximate surface area is 43.4 Å². The van der Waals surface area contributed by atoms with E-state index in [0.29, 0.717) is 19.7 Å². The van der Waals surface area contributed by atoms with Gasteiger partial charge in [0.15, 0.2) is 0 Å². The minimum atomic E-state index is 0.500. The Balaban J connectivity index is 2.86. The fraction of sp³-hybridized carbons (Fsp3) is 1.00. The molecule has 0 aromatic carbocycles. The summed E-state index contributed by atoms with van der Waals surface area (Å²) in [5.41, 5.74) is 0. The average Bonchev–Trinajstić information content (AvgIpc) is 1.83. The fourth-order valence-electron chi connectivity index (χ4n) is 0.348. The van der Waals surface area contributed by atoms with Gasteiger partial charge in [-0.1, -0.05) is 33.6 Å². The molecule has 0 saturated carbocycles. The molecule has 0 bridgehead atoms. The second kappa shape index (κ2) is 3.20. The van der Waals surface area contributed by atoms with Crippen LogP contribution in [0.5, 0.6) is 0 Å². The van der Waals surface area contributed by atoms with Gasteiger partial charge < -0.3 is 0 Å². The molecule has 0 nitrogen and oxygen atoms in total. The summed E-state index contributed by atoms with van der Waals surface area (Å²) in [6.45, 7) is 3.09. The van der Waals surface area contributed by atoms with Gasteiger partial charge in [-0.05, 0) is 5.92 Å². The Morgan fingerprint density at radius 2 is 2.67 bits per heavy atom. The maximum atomic E-state index is 6.93. The molecular formula is C6H14. The van der Waals surface area contributed by atoms with Crippen molar-refractivity contribution in [2.45, 2.75) is 33.6 Å². The minimum Gasteiger partial charge on any atom is -0.0654 e. The van der Waals surface area contributed by atoms with Gasteiger partial charge in [0, 0.05) is 2.74 Å². The molecule has 0 amide bonds. The number of hydrogen-bond acceptors (Lipinski definition) is 0. The molecule has 0 aliphatic rings. The van der Waals surface area contributed by atoms with Crippen LogP contribution in [0.4, 0.5) is 0 Å². The molecule has 0 rings (SSSR count). The smallest absolute Gasteiger partial charge is 0.0233 e. The van der Waals surface area contributed by atoms with Crippen molar-refractivity contribution < 1.29 is 2.74 Å². The van der Waals surface area contributed by atoms with Gasteiger partial charge in [0.25, 0.3) is 0 Å². The van der Waals surface area contributed by atoms with E-state index in [1.54, 1.807) is 0 Å². The number of rotatable bonds is 2. The van der Waals surface area contributed by atoms with Gasteiger partial charge in [-0.25, -0.2) is 0 Å². The van der Waals surface area contributed by atoms with E-state index in [2.05, 4.69) is 6.92 Å². The topological polar surface area (TPSA) is 0 Å². The van der Waals surface area contributed by atoms with Crippen LogP contribution in [0.15, 0.2) is 0 Å². The van der Waals surface area contributed by atoms with E-state index in [-0.39, 0.29) is 0 Å². The van der Waals surface area contributed by atoms with E-state index < -0.39 is 0 Å². The highest BCUT2D eigenvalue weighted by molar-refractivity contribution is 4.38. The molecule has 0 spiro atoms. The van der Waals surface area contributed by atoms with Gasteiger partial charge in [0.1, 0.15) is 0 Å². The second-order valence-electron chi connectivity index (χ2n) is 1.75. The minimum absolute atomic E-state index is 0.500. The Kier molecular flexibility index (Phi) is 1.63. The van der Waals surface area contributed by atoms with Crippen LogP contribution < -0.4 is 0 Å². The number of hydrogen-bond donors (Lipinski definition) is 0. The van der Waals surface area contributed by atoms with Crippen LogP contribution in [0.2, 0.25) is 0 Å². The summed E-state index contributed by atoms with van der Waals surface area (Å²) < 4.78 is 13.7. The van der Waals surface area contributed by atoms with Crippen LogP contribution in [0.1, 0.15) is 36.3 Å². The molecule has 0 heteroatoms. The highest BCUT2D eigenvalue weighted by atomic mass is 13.9. The highest BCUT2D eigenvalue weighted by Gasteiger charge is 1.85. The van der Waals surface area contributed by atoms with Gasteiger partial charge >= 0.3 is 0 Å². The van der Waals surface area contributed by atoms with Crippen molar-refractivity contribution in [2.24, 2.45) is 5.92 Å². The summed E-state index contributed by atoms with van der Waals surface area (Å²) in [5, 5.41) is 0. The third kappa shape index (κ3) is 4.00. The predicted octanol–water partition coefficient (Wildman–Crippen LogP) is 2.44. The molecule has 0 saturated heterocycles. The van der Waals surface area contributed by atoms with E-state index in [4.69, 9.17) is 2.74 Å². The van der Waals surface area contributed by atoms with Gasteiger partial charge in [0.2, 0.25) is 0 Å². The normalized spacial score (nSPS) is 18.8. The zero-order valence-corrected chi connectivity index (χ0v) is 4.41. The molecule has 6 heavy (non-hydrogen) atoms. The molecule has 1 atom stereocenters. The molecule has 0 N–H and O–H groups in total. The summed E-state index contributed by atoms with van der Waals surface area (Å²) in [6, 6.07) is 0. The zero-order chi connectivity index (χ0) is 6.41. The van der Waals surface area contributed by atoms with Crippen LogP contribution in [0, 0.1) is 5.92 Å². The van der Waals surface area contributed by atoms with Crippen molar-refractivity contribution in [2.75, 3.05) is 0 Å². The first-order chi connectivity index (χ1) is 3.81. The Morgan fingerprint density at radius 1 is 1.83 bits per heavy atom. The van der Waals surface area contributed by atoms with Crippen molar-refractivity contribution in [3.8, 4) is 0 Å². The SMILES string of the molecule is [2H]CCCC(C)C[2H]. The summed E-state index contributed by atoms with van der Waals surface area (Å²) >= 11 is 0. The summed E-state index contributed by atoms with van der Waals surface area (Å²) in [7, 11) is 0. The summed E-state index contributed by atoms with van der Waals surface area (Å²) in [4.78, 5) is 0. The predicted molar refractivity (Wildman–Crippen MR) is 29.7 cm³/mol. The maximum Gasteiger partial charge on any atom is 0.0233 e. The lowest BCUT2D eigenvalue weighted by molar-refractivity contribution is 0.576.